The fourth-order valence-electron chi connectivity index (χ4n) is 3.05. The van der Waals surface area contributed by atoms with E-state index in [-0.39, 0.29) is 17.7 Å². The second-order valence-corrected chi connectivity index (χ2v) is 7.77. The number of hydrogen-bond donors (Lipinski definition) is 1. The molecule has 2 aliphatic rings. The molecule has 1 saturated carbocycles. The lowest BCUT2D eigenvalue weighted by molar-refractivity contribution is -0.128. The van der Waals surface area contributed by atoms with Crippen LogP contribution in [0.15, 0.2) is 0 Å². The van der Waals surface area contributed by atoms with Crippen LogP contribution in [-0.2, 0) is 14.8 Å². The van der Waals surface area contributed by atoms with Crippen molar-refractivity contribution in [2.45, 2.75) is 51.5 Å². The maximum atomic E-state index is 11.9. The first-order chi connectivity index (χ1) is 9.00. The number of nitrogens with one attached hydrogen (secondary N) is 1. The lowest BCUT2D eigenvalue weighted by Crippen LogP contribution is -2.39. The molecule has 1 saturated heterocycles. The molecule has 6 heteroatoms. The highest BCUT2D eigenvalue weighted by Crippen LogP contribution is 2.26. The molecule has 19 heavy (non-hydrogen) atoms. The van der Waals surface area contributed by atoms with Crippen LogP contribution in [0.4, 0.5) is 0 Å². The number of sulfonamides is 1. The standard InChI is InChI=1S/C13H24N2O3S/c1-2-19(17,18)14-12-8-13(16)15(10-12)9-11-6-4-3-5-7-11/h11-12,14H,2-10H2,1H3/t12-/m0/s1. The highest BCUT2D eigenvalue weighted by molar-refractivity contribution is 7.89. The molecule has 0 aromatic carbocycles. The van der Waals surface area contributed by atoms with E-state index in [2.05, 4.69) is 4.72 Å². The first-order valence-electron chi connectivity index (χ1n) is 7.28. The molecular formula is C13H24N2O3S. The van der Waals surface area contributed by atoms with Crippen LogP contribution in [0.5, 0.6) is 0 Å². The largest absolute Gasteiger partial charge is 0.341 e. The van der Waals surface area contributed by atoms with Crippen LogP contribution in [0, 0.1) is 5.92 Å². The van der Waals surface area contributed by atoms with E-state index in [4.69, 9.17) is 0 Å². The van der Waals surface area contributed by atoms with Crippen LogP contribution in [-0.4, -0.2) is 44.1 Å². The monoisotopic (exact) mass is 288 g/mol. The molecule has 0 aromatic heterocycles. The summed E-state index contributed by atoms with van der Waals surface area (Å²) in [5.41, 5.74) is 0. The average molecular weight is 288 g/mol. The smallest absolute Gasteiger partial charge is 0.224 e. The lowest BCUT2D eigenvalue weighted by atomic mass is 9.89. The number of carbonyl (C=O) groups is 1. The SMILES string of the molecule is CCS(=O)(=O)N[C@H]1CC(=O)N(CC2CCCCC2)C1. The van der Waals surface area contributed by atoms with E-state index >= 15 is 0 Å². The molecule has 1 N–H and O–H groups in total. The van der Waals surface area contributed by atoms with Gasteiger partial charge >= 0.3 is 0 Å². The Morgan fingerprint density at radius 3 is 2.58 bits per heavy atom. The second-order valence-electron chi connectivity index (χ2n) is 5.73. The Morgan fingerprint density at radius 2 is 1.95 bits per heavy atom. The first-order valence-corrected chi connectivity index (χ1v) is 8.93. The minimum atomic E-state index is -3.21. The third-order valence-electron chi connectivity index (χ3n) is 4.14. The lowest BCUT2D eigenvalue weighted by Gasteiger charge is -2.27. The summed E-state index contributed by atoms with van der Waals surface area (Å²) in [4.78, 5) is 13.8. The van der Waals surface area contributed by atoms with Gasteiger partial charge in [-0.05, 0) is 25.7 Å². The van der Waals surface area contributed by atoms with E-state index < -0.39 is 10.0 Å². The zero-order valence-corrected chi connectivity index (χ0v) is 12.4. The van der Waals surface area contributed by atoms with Gasteiger partial charge in [0.1, 0.15) is 0 Å². The van der Waals surface area contributed by atoms with Crippen molar-refractivity contribution < 1.29 is 13.2 Å². The molecule has 5 nitrogen and oxygen atoms in total. The zero-order valence-electron chi connectivity index (χ0n) is 11.6. The summed E-state index contributed by atoms with van der Waals surface area (Å²) in [6.45, 7) is 2.96. The Bertz CT molecular complexity index is 416. The fraction of sp³-hybridized carbons (Fsp3) is 0.923. The Morgan fingerprint density at radius 1 is 1.26 bits per heavy atom. The van der Waals surface area contributed by atoms with Gasteiger partial charge in [0, 0.05) is 25.6 Å². The van der Waals surface area contributed by atoms with Gasteiger partial charge in [0.05, 0.1) is 5.75 Å². The van der Waals surface area contributed by atoms with Gasteiger partial charge in [0.25, 0.3) is 0 Å². The Balaban J connectivity index is 1.85. The van der Waals surface area contributed by atoms with E-state index in [0.29, 0.717) is 18.9 Å². The van der Waals surface area contributed by atoms with Crippen molar-refractivity contribution in [1.29, 1.82) is 0 Å². The number of carbonyl (C=O) groups excluding carboxylic acids is 1. The number of nitrogens with zero attached hydrogens (tertiary/aromatic N) is 1. The molecule has 1 aliphatic heterocycles. The highest BCUT2D eigenvalue weighted by Gasteiger charge is 2.33. The second kappa shape index (κ2) is 6.22. The van der Waals surface area contributed by atoms with E-state index in [0.717, 1.165) is 6.54 Å². The van der Waals surface area contributed by atoms with Gasteiger partial charge in [-0.1, -0.05) is 19.3 Å². The van der Waals surface area contributed by atoms with Crippen molar-refractivity contribution in [2.75, 3.05) is 18.8 Å². The minimum Gasteiger partial charge on any atom is -0.341 e. The molecule has 0 unspecified atom stereocenters. The maximum Gasteiger partial charge on any atom is 0.224 e. The van der Waals surface area contributed by atoms with Gasteiger partial charge in [-0.2, -0.15) is 0 Å². The van der Waals surface area contributed by atoms with E-state index in [1.165, 1.54) is 32.1 Å². The molecule has 1 amide bonds. The van der Waals surface area contributed by atoms with Crippen LogP contribution < -0.4 is 4.72 Å². The summed E-state index contributed by atoms with van der Waals surface area (Å²) >= 11 is 0. The van der Waals surface area contributed by atoms with Crippen molar-refractivity contribution in [3.8, 4) is 0 Å². The van der Waals surface area contributed by atoms with Crippen LogP contribution >= 0.6 is 0 Å². The Kier molecular flexibility index (Phi) is 4.84. The van der Waals surface area contributed by atoms with Crippen molar-refractivity contribution in [2.24, 2.45) is 5.92 Å². The molecule has 1 aliphatic carbocycles. The van der Waals surface area contributed by atoms with Gasteiger partial charge < -0.3 is 4.90 Å². The Hall–Kier alpha value is -0.620. The summed E-state index contributed by atoms with van der Waals surface area (Å²) < 4.78 is 25.6. The number of likely N-dealkylation sites (tertiary alicyclic amines) is 1. The maximum absolute atomic E-state index is 11.9. The summed E-state index contributed by atoms with van der Waals surface area (Å²) in [5.74, 6) is 0.772. The highest BCUT2D eigenvalue weighted by atomic mass is 32.2. The number of rotatable bonds is 5. The molecule has 1 heterocycles. The first kappa shape index (κ1) is 14.8. The molecule has 1 atom stereocenters. The van der Waals surface area contributed by atoms with E-state index in [1.807, 2.05) is 4.90 Å². The average Bonchev–Trinajstić information content (AvgIpc) is 2.70. The molecule has 0 bridgehead atoms. The van der Waals surface area contributed by atoms with Crippen LogP contribution in [0.2, 0.25) is 0 Å². The quantitative estimate of drug-likeness (QED) is 0.824. The third kappa shape index (κ3) is 4.18. The molecular weight excluding hydrogens is 264 g/mol. The van der Waals surface area contributed by atoms with Crippen molar-refractivity contribution >= 4 is 15.9 Å². The van der Waals surface area contributed by atoms with Crippen LogP contribution in [0.1, 0.15) is 45.4 Å². The molecule has 0 aromatic rings. The van der Waals surface area contributed by atoms with Crippen molar-refractivity contribution in [1.82, 2.24) is 9.62 Å². The summed E-state index contributed by atoms with van der Waals surface area (Å²) in [5, 5.41) is 0. The van der Waals surface area contributed by atoms with E-state index in [1.54, 1.807) is 6.92 Å². The fourth-order valence-corrected chi connectivity index (χ4v) is 3.88. The van der Waals surface area contributed by atoms with Crippen LogP contribution in [0.3, 0.4) is 0 Å². The summed E-state index contributed by atoms with van der Waals surface area (Å²) in [7, 11) is -3.21. The topological polar surface area (TPSA) is 66.5 Å². The Labute approximate surface area is 115 Å². The van der Waals surface area contributed by atoms with Gasteiger partial charge in [0.2, 0.25) is 15.9 Å². The summed E-state index contributed by atoms with van der Waals surface area (Å²) in [6, 6.07) is -0.235. The van der Waals surface area contributed by atoms with Crippen molar-refractivity contribution in [3.05, 3.63) is 0 Å². The molecule has 2 rings (SSSR count). The van der Waals surface area contributed by atoms with Crippen molar-refractivity contribution in [3.63, 3.8) is 0 Å². The van der Waals surface area contributed by atoms with E-state index in [9.17, 15) is 13.2 Å². The predicted octanol–water partition coefficient (Wildman–Crippen LogP) is 1.11. The predicted molar refractivity (Wildman–Crippen MR) is 74.2 cm³/mol. The van der Waals surface area contributed by atoms with Crippen LogP contribution in [0.25, 0.3) is 0 Å². The zero-order chi connectivity index (χ0) is 13.9. The molecule has 2 fully saturated rings. The normalized spacial score (nSPS) is 26.1. The number of amides is 1. The summed E-state index contributed by atoms with van der Waals surface area (Å²) in [6.07, 6.45) is 6.55. The molecule has 0 spiro atoms. The van der Waals surface area contributed by atoms with Gasteiger partial charge in [-0.15, -0.1) is 0 Å². The molecule has 110 valence electrons. The van der Waals surface area contributed by atoms with Gasteiger partial charge in [0.15, 0.2) is 0 Å². The minimum absolute atomic E-state index is 0.0698. The third-order valence-corrected chi connectivity index (χ3v) is 5.60. The van der Waals surface area contributed by atoms with Gasteiger partial charge in [-0.3, -0.25) is 4.79 Å². The number of hydrogen-bond acceptors (Lipinski definition) is 3. The molecule has 0 radical (unpaired) electrons. The van der Waals surface area contributed by atoms with Gasteiger partial charge in [-0.25, -0.2) is 13.1 Å².